The minimum absolute atomic E-state index is 0.00805. The van der Waals surface area contributed by atoms with E-state index in [0.29, 0.717) is 0 Å². The molecule has 0 unspecified atom stereocenters. The van der Waals surface area contributed by atoms with E-state index in [1.807, 2.05) is 0 Å². The van der Waals surface area contributed by atoms with Gasteiger partial charge in [-0.3, -0.25) is 4.79 Å². The molecule has 0 fully saturated rings. The van der Waals surface area contributed by atoms with Crippen LogP contribution in [-0.4, -0.2) is 38.2 Å². The van der Waals surface area contributed by atoms with Crippen molar-refractivity contribution in [1.29, 1.82) is 0 Å². The fourth-order valence-electron chi connectivity index (χ4n) is 1.11. The van der Waals surface area contributed by atoms with E-state index in [1.54, 1.807) is 0 Å². The van der Waals surface area contributed by atoms with E-state index in [4.69, 9.17) is 9.52 Å². The van der Waals surface area contributed by atoms with Crippen molar-refractivity contribution in [1.82, 2.24) is 5.32 Å². The summed E-state index contributed by atoms with van der Waals surface area (Å²) in [5.74, 6) is -3.42. The van der Waals surface area contributed by atoms with Crippen LogP contribution in [0.1, 0.15) is 16.3 Å². The first-order valence-corrected chi connectivity index (χ1v) is 6.39. The normalized spacial score (nSPS) is 11.1. The molecule has 2 N–H and O–H groups in total. The number of nitrogens with one attached hydrogen (secondary N) is 1. The largest absolute Gasteiger partial charge is 0.475 e. The zero-order valence-electron chi connectivity index (χ0n) is 8.97. The van der Waals surface area contributed by atoms with Gasteiger partial charge in [0.2, 0.25) is 11.7 Å². The quantitative estimate of drug-likeness (QED) is 0.748. The second-order valence-corrected chi connectivity index (χ2v) is 5.34. The lowest BCUT2D eigenvalue weighted by Gasteiger charge is -2.00. The van der Waals surface area contributed by atoms with E-state index in [0.717, 1.165) is 6.07 Å². The highest BCUT2D eigenvalue weighted by atomic mass is 32.2. The Morgan fingerprint density at radius 3 is 2.53 bits per heavy atom. The molecule has 1 aromatic heterocycles. The first-order chi connectivity index (χ1) is 7.84. The minimum Gasteiger partial charge on any atom is -0.475 e. The molecule has 7 nitrogen and oxygen atoms in total. The summed E-state index contributed by atoms with van der Waals surface area (Å²) in [6.07, 6.45) is 0. The second kappa shape index (κ2) is 5.00. The molecule has 0 radical (unpaired) electrons. The number of hydrogen-bond donors (Lipinski definition) is 2. The predicted octanol–water partition coefficient (Wildman–Crippen LogP) is -0.361. The number of carbonyl (C=O) groups is 2. The molecular formula is C9H11NO6S. The van der Waals surface area contributed by atoms with Crippen LogP contribution in [0.5, 0.6) is 0 Å². The Bertz CT molecular complexity index is 529. The third-order valence-electron chi connectivity index (χ3n) is 1.86. The van der Waals surface area contributed by atoms with Crippen LogP contribution in [0.25, 0.3) is 0 Å². The molecule has 1 aromatic rings. The van der Waals surface area contributed by atoms with Crippen LogP contribution in [0.15, 0.2) is 16.5 Å². The average Bonchev–Trinajstić information content (AvgIpc) is 2.64. The van der Waals surface area contributed by atoms with Crippen molar-refractivity contribution in [2.75, 3.05) is 12.8 Å². The van der Waals surface area contributed by atoms with Gasteiger partial charge in [-0.05, 0) is 12.1 Å². The van der Waals surface area contributed by atoms with Gasteiger partial charge in [-0.15, -0.1) is 0 Å². The lowest BCUT2D eigenvalue weighted by Crippen LogP contribution is -2.27. The van der Waals surface area contributed by atoms with Gasteiger partial charge in [0.15, 0.2) is 9.84 Å². The number of carbonyl (C=O) groups excluding carboxylic acids is 1. The summed E-state index contributed by atoms with van der Waals surface area (Å²) >= 11 is 0. The van der Waals surface area contributed by atoms with E-state index in [9.17, 15) is 18.0 Å². The van der Waals surface area contributed by atoms with Crippen LogP contribution >= 0.6 is 0 Å². The first kappa shape index (κ1) is 13.2. The summed E-state index contributed by atoms with van der Waals surface area (Å²) in [5, 5.41) is 10.8. The Hall–Kier alpha value is -1.83. The fourth-order valence-corrected chi connectivity index (χ4v) is 2.34. The molecular weight excluding hydrogens is 250 g/mol. The highest BCUT2D eigenvalue weighted by Gasteiger charge is 2.19. The van der Waals surface area contributed by atoms with Crippen molar-refractivity contribution in [3.63, 3.8) is 0 Å². The SMILES string of the molecule is CNC(=O)CS(=O)(=O)Cc1ccc(C(=O)O)o1. The molecule has 1 heterocycles. The molecule has 0 spiro atoms. The number of sulfone groups is 1. The first-order valence-electron chi connectivity index (χ1n) is 4.57. The van der Waals surface area contributed by atoms with Crippen LogP contribution in [0.4, 0.5) is 0 Å². The van der Waals surface area contributed by atoms with Crippen LogP contribution < -0.4 is 5.32 Å². The maximum atomic E-state index is 11.5. The molecule has 8 heteroatoms. The number of carboxylic acid groups (broad SMARTS) is 1. The summed E-state index contributed by atoms with van der Waals surface area (Å²) in [7, 11) is -2.33. The van der Waals surface area contributed by atoms with Crippen molar-refractivity contribution in [2.45, 2.75) is 5.75 Å². The number of aromatic carboxylic acids is 1. The molecule has 0 aliphatic heterocycles. The maximum Gasteiger partial charge on any atom is 0.371 e. The lowest BCUT2D eigenvalue weighted by atomic mass is 10.4. The zero-order chi connectivity index (χ0) is 13.1. The van der Waals surface area contributed by atoms with E-state index in [1.165, 1.54) is 13.1 Å². The zero-order valence-corrected chi connectivity index (χ0v) is 9.78. The molecule has 0 atom stereocenters. The Morgan fingerprint density at radius 1 is 1.41 bits per heavy atom. The molecule has 0 saturated carbocycles. The van der Waals surface area contributed by atoms with Gasteiger partial charge >= 0.3 is 5.97 Å². The van der Waals surface area contributed by atoms with Gasteiger partial charge in [0, 0.05) is 7.05 Å². The summed E-state index contributed by atoms with van der Waals surface area (Å²) in [5.41, 5.74) is 0. The molecule has 0 aliphatic carbocycles. The van der Waals surface area contributed by atoms with E-state index in [-0.39, 0.29) is 11.5 Å². The Kier molecular flexibility index (Phi) is 3.89. The molecule has 0 saturated heterocycles. The topological polar surface area (TPSA) is 114 Å². The number of carboxylic acids is 1. The maximum absolute atomic E-state index is 11.5. The van der Waals surface area contributed by atoms with E-state index in [2.05, 4.69) is 5.32 Å². The van der Waals surface area contributed by atoms with Crippen LogP contribution in [0.2, 0.25) is 0 Å². The second-order valence-electron chi connectivity index (χ2n) is 3.28. The molecule has 0 bridgehead atoms. The fraction of sp³-hybridized carbons (Fsp3) is 0.333. The van der Waals surface area contributed by atoms with Crippen molar-refractivity contribution in [3.8, 4) is 0 Å². The summed E-state index contributed by atoms with van der Waals surface area (Å²) in [6, 6.07) is 2.41. The molecule has 94 valence electrons. The summed E-state index contributed by atoms with van der Waals surface area (Å²) in [4.78, 5) is 21.4. The number of hydrogen-bond acceptors (Lipinski definition) is 5. The van der Waals surface area contributed by atoms with Crippen molar-refractivity contribution in [3.05, 3.63) is 23.7 Å². The van der Waals surface area contributed by atoms with Gasteiger partial charge in [-0.2, -0.15) is 0 Å². The van der Waals surface area contributed by atoms with Crippen LogP contribution in [0, 0.1) is 0 Å². The standard InChI is InChI=1S/C9H11NO6S/c1-10-8(11)5-17(14,15)4-6-2-3-7(16-6)9(12)13/h2-3H,4-5H2,1H3,(H,10,11)(H,12,13). The van der Waals surface area contributed by atoms with E-state index < -0.39 is 33.2 Å². The highest BCUT2D eigenvalue weighted by Crippen LogP contribution is 2.11. The predicted molar refractivity (Wildman–Crippen MR) is 57.2 cm³/mol. The Morgan fingerprint density at radius 2 is 2.06 bits per heavy atom. The summed E-state index contributed by atoms with van der Waals surface area (Å²) < 4.78 is 27.7. The van der Waals surface area contributed by atoms with Crippen molar-refractivity contribution in [2.24, 2.45) is 0 Å². The molecule has 0 aromatic carbocycles. The number of furan rings is 1. The molecule has 1 rings (SSSR count). The van der Waals surface area contributed by atoms with Gasteiger partial charge in [-0.25, -0.2) is 13.2 Å². The lowest BCUT2D eigenvalue weighted by molar-refractivity contribution is -0.118. The average molecular weight is 261 g/mol. The Labute approximate surface area is 97.3 Å². The highest BCUT2D eigenvalue weighted by molar-refractivity contribution is 7.91. The van der Waals surface area contributed by atoms with Gasteiger partial charge in [0.1, 0.15) is 17.3 Å². The van der Waals surface area contributed by atoms with Crippen LogP contribution in [0.3, 0.4) is 0 Å². The van der Waals surface area contributed by atoms with Gasteiger partial charge < -0.3 is 14.8 Å². The van der Waals surface area contributed by atoms with Crippen LogP contribution in [-0.2, 0) is 20.4 Å². The third-order valence-corrected chi connectivity index (χ3v) is 3.29. The Balaban J connectivity index is 2.76. The third kappa shape index (κ3) is 3.91. The van der Waals surface area contributed by atoms with Gasteiger partial charge in [0.05, 0.1) is 0 Å². The van der Waals surface area contributed by atoms with Crippen molar-refractivity contribution < 1.29 is 27.5 Å². The molecule has 0 aliphatic rings. The van der Waals surface area contributed by atoms with E-state index >= 15 is 0 Å². The monoisotopic (exact) mass is 261 g/mol. The summed E-state index contributed by atoms with van der Waals surface area (Å²) in [6.45, 7) is 0. The van der Waals surface area contributed by atoms with Gasteiger partial charge in [0.25, 0.3) is 0 Å². The minimum atomic E-state index is -3.66. The van der Waals surface area contributed by atoms with Crippen molar-refractivity contribution >= 4 is 21.7 Å². The molecule has 1 amide bonds. The number of amides is 1. The number of rotatable bonds is 5. The molecule has 17 heavy (non-hydrogen) atoms. The van der Waals surface area contributed by atoms with Gasteiger partial charge in [-0.1, -0.05) is 0 Å². The smallest absolute Gasteiger partial charge is 0.371 e.